The smallest absolute Gasteiger partial charge is 0.257 e. The Hall–Kier alpha value is -1.65. The molecule has 5 nitrogen and oxygen atoms in total. The Labute approximate surface area is 64.1 Å². The zero-order valence-electron chi connectivity index (χ0n) is 6.10. The van der Waals surface area contributed by atoms with E-state index in [4.69, 9.17) is 5.73 Å². The summed E-state index contributed by atoms with van der Waals surface area (Å²) in [7, 11) is 0. The highest BCUT2D eigenvalue weighted by Gasteiger charge is 1.89. The first-order valence-electron chi connectivity index (χ1n) is 2.92. The van der Waals surface area contributed by atoms with E-state index in [1.807, 2.05) is 0 Å². The topological polar surface area (TPSA) is 81.5 Å². The summed E-state index contributed by atoms with van der Waals surface area (Å²) in [5.41, 5.74) is 5.24. The Balaban J connectivity index is 4.05. The molecule has 0 aromatic rings. The highest BCUT2D eigenvalue weighted by atomic mass is 16.6. The van der Waals surface area contributed by atoms with Gasteiger partial charge in [-0.05, 0) is 13.0 Å². The van der Waals surface area contributed by atoms with E-state index in [-0.39, 0.29) is 5.70 Å². The lowest BCUT2D eigenvalue weighted by atomic mass is 10.5. The Morgan fingerprint density at radius 1 is 1.73 bits per heavy atom. The van der Waals surface area contributed by atoms with Crippen molar-refractivity contribution in [3.63, 3.8) is 0 Å². The lowest BCUT2D eigenvalue weighted by molar-refractivity contribution is -0.403. The van der Waals surface area contributed by atoms with E-state index in [1.54, 1.807) is 13.1 Å². The summed E-state index contributed by atoms with van der Waals surface area (Å²) in [5, 5.41) is 9.82. The molecule has 0 bridgehead atoms. The summed E-state index contributed by atoms with van der Waals surface area (Å²) in [6.45, 7) is 1.73. The molecule has 0 aliphatic carbocycles. The average Bonchev–Trinajstić information content (AvgIpc) is 1.86. The van der Waals surface area contributed by atoms with Crippen LogP contribution in [0.5, 0.6) is 0 Å². The van der Waals surface area contributed by atoms with E-state index in [0.717, 1.165) is 0 Å². The average molecular weight is 155 g/mol. The molecule has 0 aliphatic heterocycles. The lowest BCUT2D eigenvalue weighted by Crippen LogP contribution is -1.97. The van der Waals surface area contributed by atoms with Crippen LogP contribution in [0.15, 0.2) is 29.2 Å². The molecular weight excluding hydrogens is 146 g/mol. The van der Waals surface area contributed by atoms with Gasteiger partial charge in [-0.25, -0.2) is 0 Å². The predicted octanol–water partition coefficient (Wildman–Crippen LogP) is 0.668. The Bertz CT molecular complexity index is 218. The number of aliphatic imine (C=N–C) groups is 1. The maximum absolute atomic E-state index is 9.82. The third-order valence-electron chi connectivity index (χ3n) is 0.757. The van der Waals surface area contributed by atoms with Crippen molar-refractivity contribution in [1.29, 1.82) is 0 Å². The second-order valence-electron chi connectivity index (χ2n) is 1.64. The van der Waals surface area contributed by atoms with E-state index in [2.05, 4.69) is 4.99 Å². The molecule has 0 unspecified atom stereocenters. The van der Waals surface area contributed by atoms with Gasteiger partial charge in [0.1, 0.15) is 5.70 Å². The molecule has 0 fully saturated rings. The fraction of sp³-hybridized carbons (Fsp3) is 0.167. The van der Waals surface area contributed by atoms with Gasteiger partial charge in [0.25, 0.3) is 6.20 Å². The molecule has 5 heteroatoms. The molecule has 11 heavy (non-hydrogen) atoms. The van der Waals surface area contributed by atoms with E-state index in [9.17, 15) is 10.1 Å². The quantitative estimate of drug-likeness (QED) is 0.281. The SMILES string of the molecule is CC=N/C=C\C(N)=C\[N+](=O)[O-]. The molecule has 0 atom stereocenters. The molecule has 0 saturated heterocycles. The number of rotatable bonds is 3. The highest BCUT2D eigenvalue weighted by Crippen LogP contribution is 1.86. The molecule has 2 N–H and O–H groups in total. The van der Waals surface area contributed by atoms with E-state index in [1.165, 1.54) is 12.3 Å². The summed E-state index contributed by atoms with van der Waals surface area (Å²) < 4.78 is 0. The van der Waals surface area contributed by atoms with Crippen molar-refractivity contribution in [3.05, 3.63) is 34.3 Å². The molecule has 0 aliphatic rings. The van der Waals surface area contributed by atoms with Crippen molar-refractivity contribution in [2.24, 2.45) is 10.7 Å². The van der Waals surface area contributed by atoms with Crippen LogP contribution in [0, 0.1) is 10.1 Å². The van der Waals surface area contributed by atoms with Gasteiger partial charge in [-0.15, -0.1) is 0 Å². The van der Waals surface area contributed by atoms with Gasteiger partial charge in [0.2, 0.25) is 0 Å². The molecule has 0 spiro atoms. The van der Waals surface area contributed by atoms with Crippen LogP contribution in [0.4, 0.5) is 0 Å². The Kier molecular flexibility index (Phi) is 4.39. The van der Waals surface area contributed by atoms with E-state index >= 15 is 0 Å². The fourth-order valence-electron chi connectivity index (χ4n) is 0.380. The van der Waals surface area contributed by atoms with Gasteiger partial charge in [0.05, 0.1) is 4.92 Å². The number of nitro groups is 1. The predicted molar refractivity (Wildman–Crippen MR) is 42.6 cm³/mol. The van der Waals surface area contributed by atoms with Gasteiger partial charge in [-0.3, -0.25) is 15.1 Å². The number of allylic oxidation sites excluding steroid dienone is 1. The summed E-state index contributed by atoms with van der Waals surface area (Å²) in [6, 6.07) is 0. The van der Waals surface area contributed by atoms with Crippen LogP contribution in [0.25, 0.3) is 0 Å². The van der Waals surface area contributed by atoms with Crippen molar-refractivity contribution in [2.75, 3.05) is 0 Å². The van der Waals surface area contributed by atoms with Gasteiger partial charge in [0.15, 0.2) is 0 Å². The molecule has 0 saturated carbocycles. The first kappa shape index (κ1) is 9.35. The Morgan fingerprint density at radius 2 is 2.36 bits per heavy atom. The summed E-state index contributed by atoms with van der Waals surface area (Å²) in [4.78, 5) is 12.9. The number of hydrogen-bond acceptors (Lipinski definition) is 4. The third-order valence-corrected chi connectivity index (χ3v) is 0.757. The van der Waals surface area contributed by atoms with Crippen LogP contribution in [0.2, 0.25) is 0 Å². The first-order chi connectivity index (χ1) is 5.16. The van der Waals surface area contributed by atoms with Gasteiger partial charge in [-0.1, -0.05) is 0 Å². The molecule has 0 radical (unpaired) electrons. The fourth-order valence-corrected chi connectivity index (χ4v) is 0.380. The van der Waals surface area contributed by atoms with Crippen molar-refractivity contribution in [3.8, 4) is 0 Å². The second kappa shape index (κ2) is 5.16. The van der Waals surface area contributed by atoms with Crippen LogP contribution in [-0.2, 0) is 0 Å². The van der Waals surface area contributed by atoms with Crippen molar-refractivity contribution in [1.82, 2.24) is 0 Å². The van der Waals surface area contributed by atoms with Gasteiger partial charge >= 0.3 is 0 Å². The van der Waals surface area contributed by atoms with Crippen molar-refractivity contribution >= 4 is 6.21 Å². The molecule has 0 aromatic carbocycles. The minimum atomic E-state index is -0.616. The van der Waals surface area contributed by atoms with Crippen molar-refractivity contribution < 1.29 is 4.92 Å². The third kappa shape index (κ3) is 6.23. The minimum Gasteiger partial charge on any atom is -0.394 e. The molecular formula is C6H9N3O2. The summed E-state index contributed by atoms with van der Waals surface area (Å²) in [6.07, 6.45) is 5.00. The molecule has 0 heterocycles. The van der Waals surface area contributed by atoms with E-state index in [0.29, 0.717) is 6.20 Å². The minimum absolute atomic E-state index is 0.0700. The van der Waals surface area contributed by atoms with E-state index < -0.39 is 4.92 Å². The van der Waals surface area contributed by atoms with Crippen molar-refractivity contribution in [2.45, 2.75) is 6.92 Å². The monoisotopic (exact) mass is 155 g/mol. The summed E-state index contributed by atoms with van der Waals surface area (Å²) >= 11 is 0. The van der Waals surface area contributed by atoms with Crippen LogP contribution in [-0.4, -0.2) is 11.1 Å². The highest BCUT2D eigenvalue weighted by molar-refractivity contribution is 5.54. The summed E-state index contributed by atoms with van der Waals surface area (Å²) in [5.74, 6) is 0. The molecule has 60 valence electrons. The Morgan fingerprint density at radius 3 is 2.82 bits per heavy atom. The number of nitrogens with two attached hydrogens (primary N) is 1. The second-order valence-corrected chi connectivity index (χ2v) is 1.64. The zero-order valence-corrected chi connectivity index (χ0v) is 6.10. The maximum Gasteiger partial charge on any atom is 0.257 e. The lowest BCUT2D eigenvalue weighted by Gasteiger charge is -1.83. The molecule has 0 aromatic heterocycles. The largest absolute Gasteiger partial charge is 0.394 e. The standard InChI is InChI=1S/C6H9N3O2/c1-2-8-4-3-6(7)5-9(10)11/h2-5H,7H2,1H3/b4-3-,6-5-,8-2?. The molecule has 0 amide bonds. The molecule has 0 rings (SSSR count). The van der Waals surface area contributed by atoms with Gasteiger partial charge in [-0.2, -0.15) is 0 Å². The van der Waals surface area contributed by atoms with Gasteiger partial charge in [0, 0.05) is 12.4 Å². The first-order valence-corrected chi connectivity index (χ1v) is 2.92. The maximum atomic E-state index is 9.82. The normalized spacial score (nSPS) is 13.0. The van der Waals surface area contributed by atoms with Crippen LogP contribution < -0.4 is 5.73 Å². The van der Waals surface area contributed by atoms with Crippen LogP contribution in [0.1, 0.15) is 6.92 Å². The van der Waals surface area contributed by atoms with Gasteiger partial charge < -0.3 is 5.73 Å². The zero-order chi connectivity index (χ0) is 8.69. The van der Waals surface area contributed by atoms with Crippen LogP contribution in [0.3, 0.4) is 0 Å². The number of hydrogen-bond donors (Lipinski definition) is 1. The van der Waals surface area contributed by atoms with Crippen LogP contribution >= 0.6 is 0 Å². The number of nitrogens with zero attached hydrogens (tertiary/aromatic N) is 2.